The number of rotatable bonds is 4. The highest BCUT2D eigenvalue weighted by Gasteiger charge is 2.48. The number of carbonyl (C=O) groups excluding carboxylic acids is 1. The third kappa shape index (κ3) is 3.44. The first-order valence-corrected chi connectivity index (χ1v) is 9.72. The van der Waals surface area contributed by atoms with Crippen LogP contribution in [-0.4, -0.2) is 43.7 Å². The average Bonchev–Trinajstić information content (AvgIpc) is 3.10. The SMILES string of the molecule is O=C(O)C1CC2CCCCC2N1C(=O)c1ccc(=O)n(Cc2ccccc2)n1. The Labute approximate surface area is 162 Å². The summed E-state index contributed by atoms with van der Waals surface area (Å²) in [5.41, 5.74) is 0.721. The Bertz CT molecular complexity index is 940. The fourth-order valence-corrected chi connectivity index (χ4v) is 4.54. The van der Waals surface area contributed by atoms with Crippen LogP contribution >= 0.6 is 0 Å². The molecule has 3 atom stereocenters. The highest BCUT2D eigenvalue weighted by Crippen LogP contribution is 2.40. The van der Waals surface area contributed by atoms with Crippen LogP contribution in [0.25, 0.3) is 0 Å². The summed E-state index contributed by atoms with van der Waals surface area (Å²) in [5.74, 6) is -1.14. The number of nitrogens with zero attached hydrogens (tertiary/aromatic N) is 3. The molecule has 146 valence electrons. The van der Waals surface area contributed by atoms with E-state index in [1.807, 2.05) is 30.3 Å². The topological polar surface area (TPSA) is 92.5 Å². The van der Waals surface area contributed by atoms with Crippen molar-refractivity contribution in [1.82, 2.24) is 14.7 Å². The lowest BCUT2D eigenvalue weighted by Gasteiger charge is -2.32. The van der Waals surface area contributed by atoms with E-state index in [0.29, 0.717) is 6.42 Å². The third-order valence-corrected chi connectivity index (χ3v) is 5.87. The van der Waals surface area contributed by atoms with Gasteiger partial charge in [0.2, 0.25) is 0 Å². The summed E-state index contributed by atoms with van der Waals surface area (Å²) in [6.45, 7) is 0.259. The van der Waals surface area contributed by atoms with Crippen LogP contribution in [0.4, 0.5) is 0 Å². The molecule has 0 spiro atoms. The molecule has 2 fully saturated rings. The van der Waals surface area contributed by atoms with E-state index in [1.54, 1.807) is 0 Å². The first-order chi connectivity index (χ1) is 13.5. The minimum Gasteiger partial charge on any atom is -0.480 e. The predicted octanol–water partition coefficient (Wildman–Crippen LogP) is 2.15. The van der Waals surface area contributed by atoms with Gasteiger partial charge in [-0.25, -0.2) is 9.48 Å². The highest BCUT2D eigenvalue weighted by molar-refractivity contribution is 5.95. The summed E-state index contributed by atoms with van der Waals surface area (Å²) in [6.07, 6.45) is 4.35. The summed E-state index contributed by atoms with van der Waals surface area (Å²) in [5, 5.41) is 13.9. The van der Waals surface area contributed by atoms with Crippen molar-refractivity contribution in [3.63, 3.8) is 0 Å². The first kappa shape index (κ1) is 18.4. The molecule has 0 radical (unpaired) electrons. The molecule has 2 aromatic rings. The molecule has 1 amide bonds. The van der Waals surface area contributed by atoms with Crippen LogP contribution < -0.4 is 5.56 Å². The van der Waals surface area contributed by atoms with Gasteiger partial charge in [-0.1, -0.05) is 43.2 Å². The fraction of sp³-hybridized carbons (Fsp3) is 0.429. The highest BCUT2D eigenvalue weighted by atomic mass is 16.4. The number of carbonyl (C=O) groups is 2. The molecule has 1 saturated carbocycles. The Balaban J connectivity index is 1.64. The maximum absolute atomic E-state index is 13.2. The van der Waals surface area contributed by atoms with E-state index >= 15 is 0 Å². The van der Waals surface area contributed by atoms with E-state index in [4.69, 9.17) is 0 Å². The van der Waals surface area contributed by atoms with Gasteiger partial charge < -0.3 is 10.0 Å². The standard InChI is InChI=1S/C21H23N3O4/c25-19-11-10-16(22-23(19)13-14-6-2-1-3-7-14)20(26)24-17-9-5-4-8-15(17)12-18(24)21(27)28/h1-3,6-7,10-11,15,17-18H,4-5,8-9,12-13H2,(H,27,28). The van der Waals surface area contributed by atoms with Crippen molar-refractivity contribution in [2.45, 2.75) is 50.7 Å². The number of hydrogen-bond acceptors (Lipinski definition) is 4. The van der Waals surface area contributed by atoms with Crippen molar-refractivity contribution in [2.24, 2.45) is 5.92 Å². The smallest absolute Gasteiger partial charge is 0.326 e. The number of amides is 1. The van der Waals surface area contributed by atoms with E-state index in [9.17, 15) is 19.5 Å². The third-order valence-electron chi connectivity index (χ3n) is 5.87. The normalized spacial score (nSPS) is 24.0. The quantitative estimate of drug-likeness (QED) is 0.876. The zero-order valence-electron chi connectivity index (χ0n) is 15.5. The molecule has 28 heavy (non-hydrogen) atoms. The molecule has 1 N–H and O–H groups in total. The van der Waals surface area contributed by atoms with Crippen molar-refractivity contribution in [3.8, 4) is 0 Å². The summed E-state index contributed by atoms with van der Waals surface area (Å²) < 4.78 is 1.26. The minimum absolute atomic E-state index is 0.0568. The molecule has 7 nitrogen and oxygen atoms in total. The van der Waals surface area contributed by atoms with E-state index in [2.05, 4.69) is 5.10 Å². The number of aromatic nitrogens is 2. The van der Waals surface area contributed by atoms with Crippen LogP contribution in [0.2, 0.25) is 0 Å². The number of likely N-dealkylation sites (tertiary alicyclic amines) is 1. The monoisotopic (exact) mass is 381 g/mol. The van der Waals surface area contributed by atoms with Gasteiger partial charge in [0.1, 0.15) is 11.7 Å². The van der Waals surface area contributed by atoms with Gasteiger partial charge in [-0.3, -0.25) is 9.59 Å². The number of benzene rings is 1. The van der Waals surface area contributed by atoms with E-state index in [0.717, 1.165) is 31.2 Å². The van der Waals surface area contributed by atoms with E-state index in [1.165, 1.54) is 21.7 Å². The minimum atomic E-state index is -0.972. The average molecular weight is 381 g/mol. The Kier molecular flexibility index (Phi) is 4.98. The molecule has 0 bridgehead atoms. The van der Waals surface area contributed by atoms with Crippen LogP contribution in [0.15, 0.2) is 47.3 Å². The summed E-state index contributed by atoms with van der Waals surface area (Å²) in [7, 11) is 0. The Morgan fingerprint density at radius 1 is 1.07 bits per heavy atom. The van der Waals surface area contributed by atoms with Gasteiger partial charge in [-0.05, 0) is 36.8 Å². The molecule has 1 aromatic carbocycles. The van der Waals surface area contributed by atoms with Crippen molar-refractivity contribution in [3.05, 3.63) is 64.1 Å². The Morgan fingerprint density at radius 2 is 1.82 bits per heavy atom. The predicted molar refractivity (Wildman–Crippen MR) is 102 cm³/mol. The summed E-state index contributed by atoms with van der Waals surface area (Å²) in [6, 6.07) is 11.3. The molecule has 1 aliphatic carbocycles. The zero-order valence-corrected chi connectivity index (χ0v) is 15.5. The number of aliphatic carboxylic acids is 1. The Morgan fingerprint density at radius 3 is 2.57 bits per heavy atom. The van der Waals surface area contributed by atoms with Crippen LogP contribution in [0, 0.1) is 5.92 Å². The van der Waals surface area contributed by atoms with Crippen molar-refractivity contribution in [2.75, 3.05) is 0 Å². The van der Waals surface area contributed by atoms with Crippen LogP contribution in [0.5, 0.6) is 0 Å². The van der Waals surface area contributed by atoms with Gasteiger partial charge in [0.25, 0.3) is 11.5 Å². The van der Waals surface area contributed by atoms with E-state index in [-0.39, 0.29) is 29.8 Å². The van der Waals surface area contributed by atoms with Gasteiger partial charge in [-0.15, -0.1) is 0 Å². The molecule has 2 heterocycles. The number of fused-ring (bicyclic) bond motifs is 1. The fourth-order valence-electron chi connectivity index (χ4n) is 4.54. The maximum Gasteiger partial charge on any atom is 0.326 e. The largest absolute Gasteiger partial charge is 0.480 e. The first-order valence-electron chi connectivity index (χ1n) is 9.72. The second-order valence-corrected chi connectivity index (χ2v) is 7.61. The second kappa shape index (κ2) is 7.58. The number of carboxylic acids is 1. The molecule has 3 unspecified atom stereocenters. The second-order valence-electron chi connectivity index (χ2n) is 7.61. The van der Waals surface area contributed by atoms with Gasteiger partial charge in [0, 0.05) is 12.1 Å². The molecular weight excluding hydrogens is 358 g/mol. The van der Waals surface area contributed by atoms with Crippen molar-refractivity contribution < 1.29 is 14.7 Å². The number of carboxylic acid groups (broad SMARTS) is 1. The van der Waals surface area contributed by atoms with Crippen LogP contribution in [0.1, 0.15) is 48.2 Å². The maximum atomic E-state index is 13.2. The number of hydrogen-bond donors (Lipinski definition) is 1. The molecular formula is C21H23N3O4. The van der Waals surface area contributed by atoms with Crippen molar-refractivity contribution in [1.29, 1.82) is 0 Å². The van der Waals surface area contributed by atoms with Gasteiger partial charge in [0.15, 0.2) is 0 Å². The lowest BCUT2D eigenvalue weighted by atomic mass is 9.84. The Hall–Kier alpha value is -2.96. The van der Waals surface area contributed by atoms with E-state index < -0.39 is 17.9 Å². The molecule has 1 aromatic heterocycles. The summed E-state index contributed by atoms with van der Waals surface area (Å²) >= 11 is 0. The van der Waals surface area contributed by atoms with Crippen LogP contribution in [-0.2, 0) is 11.3 Å². The van der Waals surface area contributed by atoms with Gasteiger partial charge in [0.05, 0.1) is 6.54 Å². The lowest BCUT2D eigenvalue weighted by molar-refractivity contribution is -0.141. The van der Waals surface area contributed by atoms with Gasteiger partial charge >= 0.3 is 5.97 Å². The molecule has 1 saturated heterocycles. The molecule has 4 rings (SSSR count). The van der Waals surface area contributed by atoms with Crippen molar-refractivity contribution >= 4 is 11.9 Å². The zero-order chi connectivity index (χ0) is 19.7. The molecule has 7 heteroatoms. The lowest BCUT2D eigenvalue weighted by Crippen LogP contribution is -2.47. The molecule has 2 aliphatic rings. The van der Waals surface area contributed by atoms with Crippen LogP contribution in [0.3, 0.4) is 0 Å². The molecule has 1 aliphatic heterocycles. The summed E-state index contributed by atoms with van der Waals surface area (Å²) in [4.78, 5) is 38.7. The van der Waals surface area contributed by atoms with Gasteiger partial charge in [-0.2, -0.15) is 5.10 Å².